The number of amides is 1. The Morgan fingerprint density at radius 2 is 1.48 bits per heavy atom. The molecule has 0 radical (unpaired) electrons. The van der Waals surface area contributed by atoms with Crippen LogP contribution >= 0.6 is 11.6 Å². The second-order valence-electron chi connectivity index (χ2n) is 7.86. The minimum Gasteiger partial charge on any atom is -0.303 e. The molecule has 0 spiro atoms. The van der Waals surface area contributed by atoms with Crippen LogP contribution in [0.2, 0.25) is 5.15 Å². The molecule has 0 aliphatic carbocycles. The van der Waals surface area contributed by atoms with Crippen molar-refractivity contribution >= 4 is 34.0 Å². The number of benzene rings is 4. The van der Waals surface area contributed by atoms with Crippen molar-refractivity contribution in [3.63, 3.8) is 0 Å². The molecule has 4 nitrogen and oxygen atoms in total. The van der Waals surface area contributed by atoms with Gasteiger partial charge in [0.05, 0.1) is 23.6 Å². The smallest absolute Gasteiger partial charge is 0.258 e. The van der Waals surface area contributed by atoms with Crippen LogP contribution in [0.15, 0.2) is 103 Å². The maximum atomic E-state index is 13.7. The van der Waals surface area contributed by atoms with E-state index >= 15 is 0 Å². The van der Waals surface area contributed by atoms with Crippen molar-refractivity contribution in [1.82, 2.24) is 9.78 Å². The number of anilines is 1. The first kappa shape index (κ1) is 21.0. The Morgan fingerprint density at radius 3 is 2.24 bits per heavy atom. The van der Waals surface area contributed by atoms with E-state index in [4.69, 9.17) is 11.6 Å². The molecule has 0 aliphatic heterocycles. The van der Waals surface area contributed by atoms with Gasteiger partial charge in [-0.1, -0.05) is 84.4 Å². The lowest BCUT2D eigenvalue weighted by Crippen LogP contribution is -2.31. The summed E-state index contributed by atoms with van der Waals surface area (Å²) < 4.78 is 1.72. The minimum atomic E-state index is -0.0881. The molecular formula is C28H22ClN3O. The molecule has 0 aliphatic rings. The number of para-hydroxylation sites is 1. The number of halogens is 1. The highest BCUT2D eigenvalue weighted by Gasteiger charge is 2.24. The molecule has 33 heavy (non-hydrogen) atoms. The van der Waals surface area contributed by atoms with Crippen LogP contribution in [0, 0.1) is 6.92 Å². The number of aromatic nitrogens is 2. The molecule has 0 fully saturated rings. The van der Waals surface area contributed by atoms with Gasteiger partial charge in [0.15, 0.2) is 0 Å². The van der Waals surface area contributed by atoms with Crippen LogP contribution in [0.25, 0.3) is 16.5 Å². The summed E-state index contributed by atoms with van der Waals surface area (Å²) in [5.74, 6) is -0.0881. The fourth-order valence-electron chi connectivity index (χ4n) is 4.06. The number of hydrogen-bond donors (Lipinski definition) is 0. The Bertz CT molecular complexity index is 1420. The maximum absolute atomic E-state index is 13.7. The molecule has 5 aromatic rings. The van der Waals surface area contributed by atoms with Gasteiger partial charge in [0.1, 0.15) is 5.15 Å². The lowest BCUT2D eigenvalue weighted by Gasteiger charge is -2.25. The van der Waals surface area contributed by atoms with Crippen molar-refractivity contribution in [2.75, 3.05) is 4.90 Å². The number of carbonyl (C=O) groups excluding carboxylic acids is 1. The zero-order valence-electron chi connectivity index (χ0n) is 18.1. The molecule has 0 unspecified atom stereocenters. The number of aryl methyl sites for hydroxylation is 1. The number of nitrogens with zero attached hydrogens (tertiary/aromatic N) is 3. The minimum absolute atomic E-state index is 0.0881. The zero-order valence-corrected chi connectivity index (χ0v) is 18.9. The SMILES string of the molecule is Cc1nn(-c2ccccc2)c(Cl)c1CN(C(=O)c1ccccc1)c1cccc2ccccc12. The summed E-state index contributed by atoms with van der Waals surface area (Å²) in [5, 5.41) is 7.25. The molecule has 0 saturated heterocycles. The van der Waals surface area contributed by atoms with E-state index in [9.17, 15) is 4.79 Å². The monoisotopic (exact) mass is 451 g/mol. The largest absolute Gasteiger partial charge is 0.303 e. The van der Waals surface area contributed by atoms with Gasteiger partial charge in [0.2, 0.25) is 0 Å². The van der Waals surface area contributed by atoms with Crippen molar-refractivity contribution in [1.29, 1.82) is 0 Å². The number of carbonyl (C=O) groups is 1. The number of fused-ring (bicyclic) bond motifs is 1. The molecule has 5 heteroatoms. The second kappa shape index (κ2) is 8.93. The van der Waals surface area contributed by atoms with Crippen molar-refractivity contribution < 1.29 is 4.79 Å². The normalized spacial score (nSPS) is 11.0. The van der Waals surface area contributed by atoms with Crippen molar-refractivity contribution in [3.8, 4) is 5.69 Å². The highest BCUT2D eigenvalue weighted by atomic mass is 35.5. The third-order valence-corrected chi connectivity index (χ3v) is 6.15. The summed E-state index contributed by atoms with van der Waals surface area (Å²) in [5.41, 5.74) is 3.94. The summed E-state index contributed by atoms with van der Waals surface area (Å²) in [7, 11) is 0. The van der Waals surface area contributed by atoms with E-state index in [1.54, 1.807) is 9.58 Å². The van der Waals surface area contributed by atoms with E-state index in [2.05, 4.69) is 17.2 Å². The first-order valence-electron chi connectivity index (χ1n) is 10.8. The first-order chi connectivity index (χ1) is 16.1. The molecule has 0 bridgehead atoms. The molecule has 4 aromatic carbocycles. The van der Waals surface area contributed by atoms with E-state index < -0.39 is 0 Å². The molecule has 0 atom stereocenters. The Morgan fingerprint density at radius 1 is 0.848 bits per heavy atom. The van der Waals surface area contributed by atoms with Gasteiger partial charge in [-0.05, 0) is 42.6 Å². The zero-order chi connectivity index (χ0) is 22.8. The predicted molar refractivity (Wildman–Crippen MR) is 134 cm³/mol. The van der Waals surface area contributed by atoms with Crippen LogP contribution in [0.5, 0.6) is 0 Å². The lowest BCUT2D eigenvalue weighted by molar-refractivity contribution is 0.0985. The average molecular weight is 452 g/mol. The van der Waals surface area contributed by atoms with Gasteiger partial charge in [0, 0.05) is 16.5 Å². The Kier molecular flexibility index (Phi) is 5.68. The van der Waals surface area contributed by atoms with E-state index in [-0.39, 0.29) is 5.91 Å². The summed E-state index contributed by atoms with van der Waals surface area (Å²) >= 11 is 6.83. The van der Waals surface area contributed by atoms with Gasteiger partial charge in [-0.3, -0.25) is 4.79 Å². The Labute approximate surface area is 197 Å². The average Bonchev–Trinajstić information content (AvgIpc) is 3.16. The van der Waals surface area contributed by atoms with Gasteiger partial charge < -0.3 is 4.90 Å². The third-order valence-electron chi connectivity index (χ3n) is 5.76. The fourth-order valence-corrected chi connectivity index (χ4v) is 4.39. The molecule has 1 heterocycles. The van der Waals surface area contributed by atoms with Gasteiger partial charge in [-0.15, -0.1) is 0 Å². The predicted octanol–water partition coefficient (Wildman–Crippen LogP) is 6.83. The first-order valence-corrected chi connectivity index (χ1v) is 11.2. The molecule has 5 rings (SSSR count). The van der Waals surface area contributed by atoms with Gasteiger partial charge in [0.25, 0.3) is 5.91 Å². The summed E-state index contributed by atoms with van der Waals surface area (Å²) in [6, 6.07) is 33.2. The highest BCUT2D eigenvalue weighted by Crippen LogP contribution is 2.32. The van der Waals surface area contributed by atoms with Crippen LogP contribution in [0.3, 0.4) is 0 Å². The number of rotatable bonds is 5. The molecule has 162 valence electrons. The van der Waals surface area contributed by atoms with E-state index in [0.29, 0.717) is 17.3 Å². The van der Waals surface area contributed by atoms with Crippen molar-refractivity contribution in [3.05, 3.63) is 125 Å². The standard InChI is InChI=1S/C28H22ClN3O/c1-20-25(27(29)32(30-20)23-15-6-3-7-16-23)19-31(28(33)22-12-4-2-5-13-22)26-18-10-14-21-11-8-9-17-24(21)26/h2-18H,19H2,1H3. The topological polar surface area (TPSA) is 38.1 Å². The van der Waals surface area contributed by atoms with Crippen LogP contribution in [0.4, 0.5) is 5.69 Å². The van der Waals surface area contributed by atoms with Crippen LogP contribution in [0.1, 0.15) is 21.6 Å². The lowest BCUT2D eigenvalue weighted by atomic mass is 10.1. The number of hydrogen-bond acceptors (Lipinski definition) is 2. The molecular weight excluding hydrogens is 430 g/mol. The Hall–Kier alpha value is -3.89. The summed E-state index contributed by atoms with van der Waals surface area (Å²) in [4.78, 5) is 15.5. The van der Waals surface area contributed by atoms with E-state index in [1.807, 2.05) is 97.9 Å². The quantitative estimate of drug-likeness (QED) is 0.293. The van der Waals surface area contributed by atoms with Crippen LogP contribution < -0.4 is 4.90 Å². The molecule has 0 N–H and O–H groups in total. The second-order valence-corrected chi connectivity index (χ2v) is 8.22. The maximum Gasteiger partial charge on any atom is 0.258 e. The fraction of sp³-hybridized carbons (Fsp3) is 0.0714. The van der Waals surface area contributed by atoms with Gasteiger partial charge >= 0.3 is 0 Å². The summed E-state index contributed by atoms with van der Waals surface area (Å²) in [6.07, 6.45) is 0. The van der Waals surface area contributed by atoms with Crippen molar-refractivity contribution in [2.45, 2.75) is 13.5 Å². The third kappa shape index (κ3) is 4.01. The molecule has 1 aromatic heterocycles. The highest BCUT2D eigenvalue weighted by molar-refractivity contribution is 6.30. The Balaban J connectivity index is 1.63. The van der Waals surface area contributed by atoms with E-state index in [0.717, 1.165) is 33.4 Å². The molecule has 1 amide bonds. The van der Waals surface area contributed by atoms with Gasteiger partial charge in [-0.2, -0.15) is 5.10 Å². The van der Waals surface area contributed by atoms with Crippen molar-refractivity contribution in [2.24, 2.45) is 0 Å². The van der Waals surface area contributed by atoms with Crippen LogP contribution in [-0.2, 0) is 6.54 Å². The van der Waals surface area contributed by atoms with Gasteiger partial charge in [-0.25, -0.2) is 4.68 Å². The van der Waals surface area contributed by atoms with E-state index in [1.165, 1.54) is 0 Å². The summed E-state index contributed by atoms with van der Waals surface area (Å²) in [6.45, 7) is 2.23. The molecule has 0 saturated carbocycles. The van der Waals surface area contributed by atoms with Crippen LogP contribution in [-0.4, -0.2) is 15.7 Å².